The van der Waals surface area contributed by atoms with E-state index in [4.69, 9.17) is 10.5 Å². The zero-order valence-electron chi connectivity index (χ0n) is 13.9. The molecule has 1 aromatic rings. The van der Waals surface area contributed by atoms with Gasteiger partial charge in [0.1, 0.15) is 0 Å². The molecule has 0 bridgehead atoms. The number of benzene rings is 1. The highest BCUT2D eigenvalue weighted by molar-refractivity contribution is 5.97. The predicted molar refractivity (Wildman–Crippen MR) is 91.7 cm³/mol. The van der Waals surface area contributed by atoms with Crippen molar-refractivity contribution in [2.24, 2.45) is 17.6 Å². The fourth-order valence-corrected chi connectivity index (χ4v) is 3.58. The van der Waals surface area contributed by atoms with Crippen LogP contribution in [0.2, 0.25) is 0 Å². The molecule has 2 atom stereocenters. The Balaban J connectivity index is 1.66. The van der Waals surface area contributed by atoms with Gasteiger partial charge in [-0.15, -0.1) is 0 Å². The van der Waals surface area contributed by atoms with Crippen LogP contribution in [0.5, 0.6) is 0 Å². The fraction of sp³-hybridized carbons (Fsp3) is 0.556. The van der Waals surface area contributed by atoms with Crippen molar-refractivity contribution in [3.63, 3.8) is 0 Å². The largest absolute Gasteiger partial charge is 0.378 e. The molecular formula is C18H25N3O3. The second-order valence-corrected chi connectivity index (χ2v) is 6.51. The van der Waals surface area contributed by atoms with E-state index in [2.05, 4.69) is 5.32 Å². The number of carbonyl (C=O) groups is 2. The zero-order chi connectivity index (χ0) is 16.9. The Bertz CT molecular complexity index is 599. The summed E-state index contributed by atoms with van der Waals surface area (Å²) >= 11 is 0. The standard InChI is InChI=1S/C18H25N3O3/c19-12-14-4-2-6-16(14)17(22)20-15-5-1-3-13(11-15)18(23)21-7-9-24-10-8-21/h1,3,5,11,14,16H,2,4,6-10,12,19H2,(H,20,22)/t14-,16-/m1/s1. The van der Waals surface area contributed by atoms with Crippen LogP contribution in [0, 0.1) is 11.8 Å². The Morgan fingerprint density at radius 2 is 2.04 bits per heavy atom. The highest BCUT2D eigenvalue weighted by atomic mass is 16.5. The molecule has 2 amide bonds. The monoisotopic (exact) mass is 331 g/mol. The summed E-state index contributed by atoms with van der Waals surface area (Å²) in [5.74, 6) is 0.241. The van der Waals surface area contributed by atoms with E-state index in [1.807, 2.05) is 6.07 Å². The van der Waals surface area contributed by atoms with Crippen LogP contribution in [-0.4, -0.2) is 49.6 Å². The maximum Gasteiger partial charge on any atom is 0.254 e. The van der Waals surface area contributed by atoms with Gasteiger partial charge >= 0.3 is 0 Å². The SMILES string of the molecule is NC[C@H]1CCC[C@H]1C(=O)Nc1cccc(C(=O)N2CCOCC2)c1. The normalized spacial score (nSPS) is 24.0. The van der Waals surface area contributed by atoms with E-state index in [9.17, 15) is 9.59 Å². The van der Waals surface area contributed by atoms with Crippen molar-refractivity contribution in [2.75, 3.05) is 38.2 Å². The van der Waals surface area contributed by atoms with E-state index in [1.54, 1.807) is 23.1 Å². The molecule has 2 fully saturated rings. The molecule has 2 aliphatic rings. The first-order chi connectivity index (χ1) is 11.7. The second-order valence-electron chi connectivity index (χ2n) is 6.51. The minimum absolute atomic E-state index is 0.0129. The summed E-state index contributed by atoms with van der Waals surface area (Å²) in [6, 6.07) is 7.16. The number of rotatable bonds is 4. The van der Waals surface area contributed by atoms with E-state index < -0.39 is 0 Å². The van der Waals surface area contributed by atoms with E-state index >= 15 is 0 Å². The molecular weight excluding hydrogens is 306 g/mol. The van der Waals surface area contributed by atoms with Crippen LogP contribution in [-0.2, 0) is 9.53 Å². The van der Waals surface area contributed by atoms with Gasteiger partial charge in [0.05, 0.1) is 13.2 Å². The number of hydrogen-bond acceptors (Lipinski definition) is 4. The van der Waals surface area contributed by atoms with Crippen LogP contribution in [0.4, 0.5) is 5.69 Å². The van der Waals surface area contributed by atoms with Crippen molar-refractivity contribution in [2.45, 2.75) is 19.3 Å². The summed E-state index contributed by atoms with van der Waals surface area (Å²) in [4.78, 5) is 26.8. The molecule has 0 aromatic heterocycles. The average Bonchev–Trinajstić information content (AvgIpc) is 3.11. The molecule has 6 heteroatoms. The first-order valence-electron chi connectivity index (χ1n) is 8.67. The summed E-state index contributed by atoms with van der Waals surface area (Å²) in [6.07, 6.45) is 2.96. The molecule has 24 heavy (non-hydrogen) atoms. The highest BCUT2D eigenvalue weighted by Crippen LogP contribution is 2.31. The Kier molecular flexibility index (Phi) is 5.48. The maximum absolute atomic E-state index is 12.5. The van der Waals surface area contributed by atoms with Gasteiger partial charge in [0.15, 0.2) is 0 Å². The van der Waals surface area contributed by atoms with Crippen LogP contribution in [0.25, 0.3) is 0 Å². The van der Waals surface area contributed by atoms with Crippen molar-refractivity contribution in [1.82, 2.24) is 4.90 Å². The van der Waals surface area contributed by atoms with Gasteiger partial charge in [0.25, 0.3) is 5.91 Å². The van der Waals surface area contributed by atoms with Crippen LogP contribution < -0.4 is 11.1 Å². The lowest BCUT2D eigenvalue weighted by Crippen LogP contribution is -2.40. The van der Waals surface area contributed by atoms with Crippen molar-refractivity contribution in [3.8, 4) is 0 Å². The molecule has 1 aliphatic carbocycles. The molecule has 0 spiro atoms. The fourth-order valence-electron chi connectivity index (χ4n) is 3.58. The molecule has 6 nitrogen and oxygen atoms in total. The number of morpholine rings is 1. The first-order valence-corrected chi connectivity index (χ1v) is 8.67. The van der Waals surface area contributed by atoms with E-state index in [1.165, 1.54) is 0 Å². The van der Waals surface area contributed by atoms with Crippen molar-refractivity contribution < 1.29 is 14.3 Å². The molecule has 130 valence electrons. The number of hydrogen-bond donors (Lipinski definition) is 2. The van der Waals surface area contributed by atoms with Crippen molar-refractivity contribution >= 4 is 17.5 Å². The van der Waals surface area contributed by atoms with Crippen molar-refractivity contribution in [1.29, 1.82) is 0 Å². The molecule has 1 aromatic carbocycles. The Hall–Kier alpha value is -1.92. The highest BCUT2D eigenvalue weighted by Gasteiger charge is 2.32. The summed E-state index contributed by atoms with van der Waals surface area (Å²) in [5.41, 5.74) is 7.02. The summed E-state index contributed by atoms with van der Waals surface area (Å²) in [7, 11) is 0. The predicted octanol–water partition coefficient (Wildman–Crippen LogP) is 1.47. The smallest absolute Gasteiger partial charge is 0.254 e. The molecule has 1 heterocycles. The Labute approximate surface area is 142 Å². The van der Waals surface area contributed by atoms with Crippen molar-refractivity contribution in [3.05, 3.63) is 29.8 Å². The number of nitrogens with zero attached hydrogens (tertiary/aromatic N) is 1. The van der Waals surface area contributed by atoms with Gasteiger partial charge in [-0.25, -0.2) is 0 Å². The second kappa shape index (κ2) is 7.77. The van der Waals surface area contributed by atoms with E-state index in [-0.39, 0.29) is 23.7 Å². The number of amides is 2. The molecule has 3 rings (SSSR count). The molecule has 0 radical (unpaired) electrons. The van der Waals surface area contributed by atoms with E-state index in [0.29, 0.717) is 44.1 Å². The summed E-state index contributed by atoms with van der Waals surface area (Å²) < 4.78 is 5.28. The third-order valence-corrected chi connectivity index (χ3v) is 4.97. The molecule has 1 saturated heterocycles. The Morgan fingerprint density at radius 3 is 2.79 bits per heavy atom. The van der Waals surface area contributed by atoms with Crippen LogP contribution >= 0.6 is 0 Å². The lowest BCUT2D eigenvalue weighted by atomic mass is 9.95. The lowest BCUT2D eigenvalue weighted by molar-refractivity contribution is -0.120. The van der Waals surface area contributed by atoms with Gasteiger partial charge in [-0.3, -0.25) is 9.59 Å². The van der Waals surface area contributed by atoms with Gasteiger partial charge in [0.2, 0.25) is 5.91 Å². The van der Waals surface area contributed by atoms with Crippen LogP contribution in [0.3, 0.4) is 0 Å². The van der Waals surface area contributed by atoms with Gasteiger partial charge < -0.3 is 20.7 Å². The number of anilines is 1. The van der Waals surface area contributed by atoms with Gasteiger partial charge in [-0.05, 0) is 43.5 Å². The maximum atomic E-state index is 12.5. The average molecular weight is 331 g/mol. The number of nitrogens with one attached hydrogen (secondary N) is 1. The quantitative estimate of drug-likeness (QED) is 0.875. The third kappa shape index (κ3) is 3.76. The van der Waals surface area contributed by atoms with Gasteiger partial charge in [0, 0.05) is 30.3 Å². The molecule has 0 unspecified atom stereocenters. The number of ether oxygens (including phenoxy) is 1. The number of carbonyl (C=O) groups excluding carboxylic acids is 2. The first kappa shape index (κ1) is 16.9. The van der Waals surface area contributed by atoms with Gasteiger partial charge in [-0.2, -0.15) is 0 Å². The Morgan fingerprint density at radius 1 is 1.25 bits per heavy atom. The van der Waals surface area contributed by atoms with Crippen LogP contribution in [0.1, 0.15) is 29.6 Å². The topological polar surface area (TPSA) is 84.7 Å². The zero-order valence-corrected chi connectivity index (χ0v) is 13.9. The lowest BCUT2D eigenvalue weighted by Gasteiger charge is -2.27. The molecule has 1 saturated carbocycles. The summed E-state index contributed by atoms with van der Waals surface area (Å²) in [5, 5.41) is 2.96. The summed E-state index contributed by atoms with van der Waals surface area (Å²) in [6.45, 7) is 2.91. The molecule has 3 N–H and O–H groups in total. The minimum atomic E-state index is -0.0198. The van der Waals surface area contributed by atoms with Crippen LogP contribution in [0.15, 0.2) is 24.3 Å². The molecule has 1 aliphatic heterocycles. The number of nitrogens with two attached hydrogens (primary N) is 1. The minimum Gasteiger partial charge on any atom is -0.378 e. The van der Waals surface area contributed by atoms with Gasteiger partial charge in [-0.1, -0.05) is 12.5 Å². The van der Waals surface area contributed by atoms with E-state index in [0.717, 1.165) is 19.3 Å². The third-order valence-electron chi connectivity index (χ3n) is 4.97.